The molecule has 5 nitrogen and oxygen atoms in total. The van der Waals surface area contributed by atoms with Gasteiger partial charge in [0.2, 0.25) is 0 Å². The molecule has 3 rings (SSSR count). The average Bonchev–Trinajstić information content (AvgIpc) is 2.63. The van der Waals surface area contributed by atoms with Gasteiger partial charge in [-0.25, -0.2) is 0 Å². The number of ether oxygens (including phenoxy) is 2. The molecule has 1 amide bonds. The lowest BCUT2D eigenvalue weighted by atomic mass is 10.1. The molecule has 1 unspecified atom stereocenters. The minimum atomic E-state index is -0.340. The number of carbonyl (C=O) groups is 1. The fraction of sp³-hybridized carbons (Fsp3) is 0.588. The Morgan fingerprint density at radius 1 is 1.29 bits per heavy atom. The highest BCUT2D eigenvalue weighted by Crippen LogP contribution is 2.24. The number of nitrogens with zero attached hydrogens (tertiary/aromatic N) is 1. The van der Waals surface area contributed by atoms with E-state index in [9.17, 15) is 4.79 Å². The molecule has 2 aliphatic heterocycles. The van der Waals surface area contributed by atoms with E-state index in [2.05, 4.69) is 5.32 Å². The predicted molar refractivity (Wildman–Crippen MR) is 93.5 cm³/mol. The second kappa shape index (κ2) is 8.50. The Morgan fingerprint density at radius 3 is 2.75 bits per heavy atom. The zero-order valence-corrected chi connectivity index (χ0v) is 15.0. The molecule has 0 aliphatic carbocycles. The summed E-state index contributed by atoms with van der Waals surface area (Å²) in [5, 5.41) is 4.28. The molecule has 2 heterocycles. The van der Waals surface area contributed by atoms with E-state index in [0.717, 1.165) is 24.9 Å². The van der Waals surface area contributed by atoms with E-state index in [1.807, 2.05) is 17.0 Å². The quantitative estimate of drug-likeness (QED) is 0.881. The molecule has 0 spiro atoms. The highest BCUT2D eigenvalue weighted by Gasteiger charge is 2.30. The number of hydrogen-bond acceptors (Lipinski definition) is 4. The molecule has 7 heteroatoms. The standard InChI is InChI=1S/C17H22Cl2N2O3/c18-14-2-1-12(9-15(14)19)11-24-13-3-6-21(7-4-13)17(22)16-10-20-5-8-23-16/h1-2,9,13,16,20H,3-8,10-11H2. The Labute approximate surface area is 152 Å². The van der Waals surface area contributed by atoms with Crippen LogP contribution in [0.25, 0.3) is 0 Å². The van der Waals surface area contributed by atoms with Crippen molar-refractivity contribution in [3.8, 4) is 0 Å². The van der Waals surface area contributed by atoms with Crippen LogP contribution >= 0.6 is 23.2 Å². The lowest BCUT2D eigenvalue weighted by Gasteiger charge is -2.35. The highest BCUT2D eigenvalue weighted by molar-refractivity contribution is 6.42. The molecule has 1 aromatic carbocycles. The lowest BCUT2D eigenvalue weighted by molar-refractivity contribution is -0.147. The summed E-state index contributed by atoms with van der Waals surface area (Å²) in [6, 6.07) is 5.53. The fourth-order valence-electron chi connectivity index (χ4n) is 3.01. The van der Waals surface area contributed by atoms with Crippen molar-refractivity contribution in [2.45, 2.75) is 31.7 Å². The Bertz CT molecular complexity index is 571. The maximum atomic E-state index is 12.4. The molecule has 0 bridgehead atoms. The summed E-state index contributed by atoms with van der Waals surface area (Å²) >= 11 is 11.9. The zero-order valence-electron chi connectivity index (χ0n) is 13.5. The zero-order chi connectivity index (χ0) is 16.9. The second-order valence-corrected chi connectivity index (χ2v) is 6.96. The molecule has 1 N–H and O–H groups in total. The van der Waals surface area contributed by atoms with Gasteiger partial charge in [0, 0.05) is 26.2 Å². The number of benzene rings is 1. The third-order valence-electron chi connectivity index (χ3n) is 4.43. The molecule has 0 saturated carbocycles. The molecule has 2 aliphatic rings. The maximum absolute atomic E-state index is 12.4. The summed E-state index contributed by atoms with van der Waals surface area (Å²) in [6.45, 7) is 3.95. The summed E-state index contributed by atoms with van der Waals surface area (Å²) in [5.41, 5.74) is 1.00. The summed E-state index contributed by atoms with van der Waals surface area (Å²) in [4.78, 5) is 14.3. The van der Waals surface area contributed by atoms with Crippen molar-refractivity contribution in [2.75, 3.05) is 32.8 Å². The van der Waals surface area contributed by atoms with Crippen molar-refractivity contribution in [3.05, 3.63) is 33.8 Å². The van der Waals surface area contributed by atoms with E-state index < -0.39 is 0 Å². The molecular formula is C17H22Cl2N2O3. The highest BCUT2D eigenvalue weighted by atomic mass is 35.5. The van der Waals surface area contributed by atoms with E-state index in [1.165, 1.54) is 0 Å². The maximum Gasteiger partial charge on any atom is 0.253 e. The van der Waals surface area contributed by atoms with Gasteiger partial charge in [0.15, 0.2) is 0 Å². The molecule has 2 saturated heterocycles. The first-order chi connectivity index (χ1) is 11.6. The molecule has 1 atom stereocenters. The third kappa shape index (κ3) is 4.61. The lowest BCUT2D eigenvalue weighted by Crippen LogP contribution is -2.51. The van der Waals surface area contributed by atoms with Gasteiger partial charge in [-0.3, -0.25) is 4.79 Å². The topological polar surface area (TPSA) is 50.8 Å². The number of hydrogen-bond donors (Lipinski definition) is 1. The second-order valence-electron chi connectivity index (χ2n) is 6.15. The number of nitrogens with one attached hydrogen (secondary N) is 1. The Morgan fingerprint density at radius 2 is 2.08 bits per heavy atom. The first kappa shape index (κ1) is 18.0. The molecule has 0 radical (unpaired) electrons. The van der Waals surface area contributed by atoms with E-state index in [0.29, 0.717) is 42.9 Å². The number of amides is 1. The van der Waals surface area contributed by atoms with Crippen molar-refractivity contribution < 1.29 is 14.3 Å². The summed E-state index contributed by atoms with van der Waals surface area (Å²) in [5.74, 6) is 0.0881. The van der Waals surface area contributed by atoms with E-state index in [4.69, 9.17) is 32.7 Å². The Balaban J connectivity index is 1.43. The van der Waals surface area contributed by atoms with E-state index >= 15 is 0 Å². The number of halogens is 2. The molecule has 132 valence electrons. The molecule has 2 fully saturated rings. The van der Waals surface area contributed by atoms with Crippen molar-refractivity contribution in [1.29, 1.82) is 0 Å². The minimum Gasteiger partial charge on any atom is -0.373 e. The average molecular weight is 373 g/mol. The van der Waals surface area contributed by atoms with Crippen molar-refractivity contribution in [3.63, 3.8) is 0 Å². The van der Waals surface area contributed by atoms with Crippen molar-refractivity contribution in [2.24, 2.45) is 0 Å². The minimum absolute atomic E-state index is 0.0881. The summed E-state index contributed by atoms with van der Waals surface area (Å²) in [6.07, 6.45) is 1.50. The number of morpholine rings is 1. The van der Waals surface area contributed by atoms with Crippen LogP contribution in [0.2, 0.25) is 10.0 Å². The van der Waals surface area contributed by atoms with Crippen LogP contribution in [-0.4, -0.2) is 55.8 Å². The molecule has 24 heavy (non-hydrogen) atoms. The SMILES string of the molecule is O=C(C1CNCCO1)N1CCC(OCc2ccc(Cl)c(Cl)c2)CC1. The van der Waals surface area contributed by atoms with Gasteiger partial charge in [0.1, 0.15) is 6.10 Å². The van der Waals surface area contributed by atoms with Gasteiger partial charge >= 0.3 is 0 Å². The van der Waals surface area contributed by atoms with Crippen LogP contribution in [0.15, 0.2) is 18.2 Å². The first-order valence-corrected chi connectivity index (χ1v) is 9.05. The van der Waals surface area contributed by atoms with Crippen LogP contribution in [0.5, 0.6) is 0 Å². The third-order valence-corrected chi connectivity index (χ3v) is 5.17. The monoisotopic (exact) mass is 372 g/mol. The van der Waals surface area contributed by atoms with Gasteiger partial charge in [0.05, 0.1) is 29.4 Å². The predicted octanol–water partition coefficient (Wildman–Crippen LogP) is 2.49. The van der Waals surface area contributed by atoms with Gasteiger partial charge in [-0.15, -0.1) is 0 Å². The number of carbonyl (C=O) groups excluding carboxylic acids is 1. The summed E-state index contributed by atoms with van der Waals surface area (Å²) in [7, 11) is 0. The van der Waals surface area contributed by atoms with Crippen molar-refractivity contribution >= 4 is 29.1 Å². The van der Waals surface area contributed by atoms with Gasteiger partial charge in [-0.1, -0.05) is 29.3 Å². The smallest absolute Gasteiger partial charge is 0.253 e. The Kier molecular flexibility index (Phi) is 6.36. The van der Waals surface area contributed by atoms with Gasteiger partial charge in [0.25, 0.3) is 5.91 Å². The molecule has 0 aromatic heterocycles. The van der Waals surface area contributed by atoms with Gasteiger partial charge < -0.3 is 19.7 Å². The summed E-state index contributed by atoms with van der Waals surface area (Å²) < 4.78 is 11.5. The van der Waals surface area contributed by atoms with E-state index in [-0.39, 0.29) is 18.1 Å². The van der Waals surface area contributed by atoms with Crippen LogP contribution < -0.4 is 5.32 Å². The van der Waals surface area contributed by atoms with Crippen molar-refractivity contribution in [1.82, 2.24) is 10.2 Å². The van der Waals surface area contributed by atoms with Crippen LogP contribution in [-0.2, 0) is 20.9 Å². The first-order valence-electron chi connectivity index (χ1n) is 8.30. The van der Waals surface area contributed by atoms with Crippen LogP contribution in [0.1, 0.15) is 18.4 Å². The van der Waals surface area contributed by atoms with Crippen LogP contribution in [0.3, 0.4) is 0 Å². The molecule has 1 aromatic rings. The van der Waals surface area contributed by atoms with E-state index in [1.54, 1.807) is 6.07 Å². The number of likely N-dealkylation sites (tertiary alicyclic amines) is 1. The largest absolute Gasteiger partial charge is 0.373 e. The van der Waals surface area contributed by atoms with Gasteiger partial charge in [-0.05, 0) is 30.5 Å². The Hall–Kier alpha value is -0.850. The van der Waals surface area contributed by atoms with Crippen LogP contribution in [0, 0.1) is 0 Å². The normalized spacial score (nSPS) is 22.6. The van der Waals surface area contributed by atoms with Crippen LogP contribution in [0.4, 0.5) is 0 Å². The molecular weight excluding hydrogens is 351 g/mol. The number of rotatable bonds is 4. The fourth-order valence-corrected chi connectivity index (χ4v) is 3.33. The number of piperidine rings is 1. The van der Waals surface area contributed by atoms with Gasteiger partial charge in [-0.2, -0.15) is 0 Å².